The van der Waals surface area contributed by atoms with E-state index in [9.17, 15) is 14.4 Å². The summed E-state index contributed by atoms with van der Waals surface area (Å²) in [4.78, 5) is 38.2. The summed E-state index contributed by atoms with van der Waals surface area (Å²) in [6.45, 7) is 5.02. The molecule has 0 unspecified atom stereocenters. The van der Waals surface area contributed by atoms with Crippen molar-refractivity contribution >= 4 is 22.9 Å². The molecule has 152 valence electrons. The molecule has 1 saturated heterocycles. The lowest BCUT2D eigenvalue weighted by Crippen LogP contribution is -2.47. The highest BCUT2D eigenvalue weighted by molar-refractivity contribution is 5.78. The predicted octanol–water partition coefficient (Wildman–Crippen LogP) is 1.09. The number of nitrogens with one attached hydrogen (secondary N) is 2. The third kappa shape index (κ3) is 5.22. The largest absolute Gasteiger partial charge is 0.419 e. The van der Waals surface area contributed by atoms with E-state index in [2.05, 4.69) is 15.5 Å². The van der Waals surface area contributed by atoms with E-state index in [-0.39, 0.29) is 30.8 Å². The SMILES string of the molecule is CCCNC(=O)CN1CCC(NC(=O)CCn2c(=O)oc3ccccc32)CC1. The Hall–Kier alpha value is -2.61. The first kappa shape index (κ1) is 20.1. The molecule has 1 aromatic carbocycles. The van der Waals surface area contributed by atoms with E-state index in [0.29, 0.717) is 24.2 Å². The van der Waals surface area contributed by atoms with Crippen molar-refractivity contribution in [1.82, 2.24) is 20.1 Å². The topological polar surface area (TPSA) is 96.6 Å². The molecule has 2 aromatic rings. The van der Waals surface area contributed by atoms with Crippen LogP contribution < -0.4 is 16.4 Å². The molecule has 0 aliphatic carbocycles. The van der Waals surface area contributed by atoms with Crippen LogP contribution in [0.1, 0.15) is 32.6 Å². The maximum Gasteiger partial charge on any atom is 0.419 e. The van der Waals surface area contributed by atoms with Crippen molar-refractivity contribution in [2.24, 2.45) is 0 Å². The summed E-state index contributed by atoms with van der Waals surface area (Å²) < 4.78 is 6.68. The van der Waals surface area contributed by atoms with Crippen LogP contribution in [0, 0.1) is 0 Å². The molecule has 0 atom stereocenters. The minimum Gasteiger partial charge on any atom is -0.408 e. The van der Waals surface area contributed by atoms with Gasteiger partial charge >= 0.3 is 5.76 Å². The van der Waals surface area contributed by atoms with Crippen LogP contribution >= 0.6 is 0 Å². The van der Waals surface area contributed by atoms with Crippen LogP contribution in [-0.2, 0) is 16.1 Å². The monoisotopic (exact) mass is 388 g/mol. The number of oxazole rings is 1. The average Bonchev–Trinajstić information content (AvgIpc) is 3.01. The first-order chi connectivity index (χ1) is 13.6. The Kier molecular flexibility index (Phi) is 6.86. The van der Waals surface area contributed by atoms with Crippen LogP contribution in [-0.4, -0.2) is 53.5 Å². The number of aromatic nitrogens is 1. The number of rotatable bonds is 8. The van der Waals surface area contributed by atoms with Crippen molar-refractivity contribution < 1.29 is 14.0 Å². The van der Waals surface area contributed by atoms with Crippen molar-refractivity contribution in [3.63, 3.8) is 0 Å². The number of nitrogens with zero attached hydrogens (tertiary/aromatic N) is 2. The number of piperidine rings is 1. The minimum atomic E-state index is -0.441. The lowest BCUT2D eigenvalue weighted by Gasteiger charge is -2.31. The van der Waals surface area contributed by atoms with E-state index in [1.54, 1.807) is 6.07 Å². The average molecular weight is 388 g/mol. The quantitative estimate of drug-likeness (QED) is 0.706. The summed E-state index contributed by atoms with van der Waals surface area (Å²) in [5.41, 5.74) is 1.23. The van der Waals surface area contributed by atoms with Crippen LogP contribution in [0.4, 0.5) is 0 Å². The van der Waals surface area contributed by atoms with Gasteiger partial charge in [-0.05, 0) is 31.4 Å². The van der Waals surface area contributed by atoms with E-state index < -0.39 is 5.76 Å². The number of hydrogen-bond donors (Lipinski definition) is 2. The molecule has 1 aromatic heterocycles. The molecule has 8 nitrogen and oxygen atoms in total. The van der Waals surface area contributed by atoms with Gasteiger partial charge in [0.1, 0.15) is 0 Å². The zero-order valence-corrected chi connectivity index (χ0v) is 16.3. The van der Waals surface area contributed by atoms with Gasteiger partial charge in [0.25, 0.3) is 0 Å². The van der Waals surface area contributed by atoms with Gasteiger partial charge in [-0.2, -0.15) is 0 Å². The fraction of sp³-hybridized carbons (Fsp3) is 0.550. The van der Waals surface area contributed by atoms with Gasteiger partial charge in [0.05, 0.1) is 12.1 Å². The Labute approximate surface area is 163 Å². The van der Waals surface area contributed by atoms with Crippen molar-refractivity contribution in [2.45, 2.75) is 45.2 Å². The number of benzene rings is 1. The van der Waals surface area contributed by atoms with Crippen molar-refractivity contribution in [2.75, 3.05) is 26.2 Å². The van der Waals surface area contributed by atoms with Gasteiger partial charge in [-0.1, -0.05) is 19.1 Å². The van der Waals surface area contributed by atoms with Crippen molar-refractivity contribution in [3.8, 4) is 0 Å². The number of carbonyl (C=O) groups is 2. The Morgan fingerprint density at radius 2 is 1.93 bits per heavy atom. The lowest BCUT2D eigenvalue weighted by molar-refractivity contribution is -0.124. The summed E-state index contributed by atoms with van der Waals surface area (Å²) in [6.07, 6.45) is 2.80. The first-order valence-corrected chi connectivity index (χ1v) is 9.93. The normalized spacial score (nSPS) is 15.6. The summed E-state index contributed by atoms with van der Waals surface area (Å²) in [5.74, 6) is -0.456. The zero-order chi connectivity index (χ0) is 19.9. The van der Waals surface area contributed by atoms with Gasteiger partial charge in [-0.25, -0.2) is 4.79 Å². The van der Waals surface area contributed by atoms with E-state index in [4.69, 9.17) is 4.42 Å². The fourth-order valence-electron chi connectivity index (χ4n) is 3.50. The third-order valence-electron chi connectivity index (χ3n) is 5.03. The Morgan fingerprint density at radius 3 is 2.68 bits per heavy atom. The van der Waals surface area contributed by atoms with Gasteiger partial charge in [0, 0.05) is 38.6 Å². The van der Waals surface area contributed by atoms with Gasteiger partial charge in [-0.3, -0.25) is 19.1 Å². The lowest BCUT2D eigenvalue weighted by atomic mass is 10.0. The van der Waals surface area contributed by atoms with E-state index >= 15 is 0 Å². The molecule has 1 fully saturated rings. The second kappa shape index (κ2) is 9.54. The number of amides is 2. The predicted molar refractivity (Wildman–Crippen MR) is 106 cm³/mol. The van der Waals surface area contributed by atoms with Crippen LogP contribution in [0.15, 0.2) is 33.5 Å². The van der Waals surface area contributed by atoms with Gasteiger partial charge in [0.15, 0.2) is 5.58 Å². The molecule has 0 spiro atoms. The highest BCUT2D eigenvalue weighted by atomic mass is 16.4. The summed E-state index contributed by atoms with van der Waals surface area (Å²) in [7, 11) is 0. The maximum absolute atomic E-state index is 12.3. The van der Waals surface area contributed by atoms with Crippen molar-refractivity contribution in [1.29, 1.82) is 0 Å². The summed E-state index contributed by atoms with van der Waals surface area (Å²) in [6, 6.07) is 7.31. The van der Waals surface area contributed by atoms with Crippen LogP contribution in [0.3, 0.4) is 0 Å². The molecular formula is C20H28N4O4. The summed E-state index contributed by atoms with van der Waals surface area (Å²) in [5, 5.41) is 5.93. The fourth-order valence-corrected chi connectivity index (χ4v) is 3.50. The Morgan fingerprint density at radius 1 is 1.18 bits per heavy atom. The van der Waals surface area contributed by atoms with Gasteiger partial charge in [0.2, 0.25) is 11.8 Å². The molecule has 1 aliphatic heterocycles. The molecule has 1 aliphatic rings. The molecule has 2 amide bonds. The number of aryl methyl sites for hydroxylation is 1. The molecule has 0 bridgehead atoms. The second-order valence-electron chi connectivity index (χ2n) is 7.21. The number of likely N-dealkylation sites (tertiary alicyclic amines) is 1. The second-order valence-corrected chi connectivity index (χ2v) is 7.21. The highest BCUT2D eigenvalue weighted by Gasteiger charge is 2.22. The Bertz CT molecular complexity index is 864. The molecular weight excluding hydrogens is 360 g/mol. The smallest absolute Gasteiger partial charge is 0.408 e. The molecule has 3 rings (SSSR count). The molecule has 8 heteroatoms. The molecule has 2 heterocycles. The molecule has 28 heavy (non-hydrogen) atoms. The molecule has 0 radical (unpaired) electrons. The zero-order valence-electron chi connectivity index (χ0n) is 16.3. The molecule has 0 saturated carbocycles. The highest BCUT2D eigenvalue weighted by Crippen LogP contribution is 2.13. The molecule has 2 N–H and O–H groups in total. The Balaban J connectivity index is 1.42. The van der Waals surface area contributed by atoms with Crippen LogP contribution in [0.2, 0.25) is 0 Å². The minimum absolute atomic E-state index is 0.0575. The van der Waals surface area contributed by atoms with Gasteiger partial charge < -0.3 is 15.1 Å². The number of para-hydroxylation sites is 2. The van der Waals surface area contributed by atoms with Crippen LogP contribution in [0.5, 0.6) is 0 Å². The number of hydrogen-bond acceptors (Lipinski definition) is 5. The maximum atomic E-state index is 12.3. The first-order valence-electron chi connectivity index (χ1n) is 9.93. The van der Waals surface area contributed by atoms with Gasteiger partial charge in [-0.15, -0.1) is 0 Å². The standard InChI is InChI=1S/C20H28N4O4/c1-2-10-21-19(26)14-23-11-7-15(8-12-23)22-18(25)9-13-24-16-5-3-4-6-17(16)28-20(24)27/h3-6,15H,2,7-14H2,1H3,(H,21,26)(H,22,25). The van der Waals surface area contributed by atoms with Crippen molar-refractivity contribution in [3.05, 3.63) is 34.8 Å². The number of carbonyl (C=O) groups excluding carboxylic acids is 2. The van der Waals surface area contributed by atoms with Crippen LogP contribution in [0.25, 0.3) is 11.1 Å². The van der Waals surface area contributed by atoms with E-state index in [1.807, 2.05) is 25.1 Å². The third-order valence-corrected chi connectivity index (χ3v) is 5.03. The number of fused-ring (bicyclic) bond motifs is 1. The summed E-state index contributed by atoms with van der Waals surface area (Å²) >= 11 is 0. The van der Waals surface area contributed by atoms with E-state index in [0.717, 1.165) is 32.4 Å². The van der Waals surface area contributed by atoms with E-state index in [1.165, 1.54) is 4.57 Å².